The van der Waals surface area contributed by atoms with Gasteiger partial charge >= 0.3 is 0 Å². The van der Waals surface area contributed by atoms with Crippen LogP contribution >= 0.6 is 0 Å². The van der Waals surface area contributed by atoms with Crippen LogP contribution in [0.4, 0.5) is 0 Å². The zero-order valence-corrected chi connectivity index (χ0v) is 6.92. The molecule has 0 atom stereocenters. The van der Waals surface area contributed by atoms with E-state index in [4.69, 9.17) is 5.26 Å². The van der Waals surface area contributed by atoms with Crippen molar-refractivity contribution in [3.05, 3.63) is 54.7 Å². The molecule has 0 aliphatic rings. The molecule has 0 aliphatic heterocycles. The fraction of sp³-hybridized carbons (Fsp3) is 0. The van der Waals surface area contributed by atoms with Gasteiger partial charge < -0.3 is 4.42 Å². The largest absolute Gasteiger partial charge is 0.454 e. The number of pyridine rings is 1. The van der Waals surface area contributed by atoms with Gasteiger partial charge in [-0.3, -0.25) is 4.98 Å². The molecule has 0 saturated carbocycles. The highest BCUT2D eigenvalue weighted by molar-refractivity contribution is 5.14. The Kier molecular flexibility index (Phi) is 3.85. The standard InChI is InChI=1S/C5H3NO.C5H5N/c6-4-5-2-1-3-7-5;1-2-4-6-5-3-1/h1-3H;1-5H. The summed E-state index contributed by atoms with van der Waals surface area (Å²) in [5.41, 5.74) is 0. The Hall–Kier alpha value is -2.08. The highest BCUT2D eigenvalue weighted by Gasteiger charge is 1.84. The van der Waals surface area contributed by atoms with Crippen molar-refractivity contribution in [3.8, 4) is 6.07 Å². The molecule has 0 N–H and O–H groups in total. The van der Waals surface area contributed by atoms with Crippen molar-refractivity contribution >= 4 is 0 Å². The number of furan rings is 1. The van der Waals surface area contributed by atoms with Crippen LogP contribution in [0.3, 0.4) is 0 Å². The van der Waals surface area contributed by atoms with E-state index in [1.165, 1.54) is 6.26 Å². The van der Waals surface area contributed by atoms with Gasteiger partial charge in [-0.15, -0.1) is 0 Å². The third-order valence-electron chi connectivity index (χ3n) is 1.20. The van der Waals surface area contributed by atoms with Gasteiger partial charge in [-0.05, 0) is 24.3 Å². The summed E-state index contributed by atoms with van der Waals surface area (Å²) >= 11 is 0. The van der Waals surface area contributed by atoms with E-state index in [2.05, 4.69) is 9.40 Å². The van der Waals surface area contributed by atoms with Crippen molar-refractivity contribution in [1.82, 2.24) is 4.98 Å². The summed E-state index contributed by atoms with van der Waals surface area (Å²) in [4.78, 5) is 3.78. The van der Waals surface area contributed by atoms with Crippen LogP contribution < -0.4 is 0 Å². The second-order valence-corrected chi connectivity index (χ2v) is 2.11. The van der Waals surface area contributed by atoms with Crippen LogP contribution in [-0.2, 0) is 0 Å². The summed E-state index contributed by atoms with van der Waals surface area (Å²) in [6.45, 7) is 0. The number of nitriles is 1. The van der Waals surface area contributed by atoms with Crippen molar-refractivity contribution in [1.29, 1.82) is 5.26 Å². The number of rotatable bonds is 0. The van der Waals surface area contributed by atoms with E-state index < -0.39 is 0 Å². The summed E-state index contributed by atoms with van der Waals surface area (Å²) < 4.78 is 4.62. The minimum Gasteiger partial charge on any atom is -0.454 e. The van der Waals surface area contributed by atoms with Crippen LogP contribution in [0.2, 0.25) is 0 Å². The highest BCUT2D eigenvalue weighted by Crippen LogP contribution is 1.94. The molecular formula is C10H8N2O. The van der Waals surface area contributed by atoms with E-state index in [9.17, 15) is 0 Å². The molecular weight excluding hydrogens is 164 g/mol. The van der Waals surface area contributed by atoms with Crippen LogP contribution in [0.5, 0.6) is 0 Å². The Bertz CT molecular complexity index is 321. The molecule has 2 aromatic heterocycles. The van der Waals surface area contributed by atoms with Gasteiger partial charge in [0.2, 0.25) is 5.76 Å². The first-order chi connectivity index (χ1) is 6.43. The Balaban J connectivity index is 0.000000132. The lowest BCUT2D eigenvalue weighted by atomic mass is 10.5. The summed E-state index contributed by atoms with van der Waals surface area (Å²) in [5, 5.41) is 8.08. The molecule has 0 saturated heterocycles. The normalized spacial score (nSPS) is 7.92. The zero-order chi connectivity index (χ0) is 9.36. The maximum Gasteiger partial charge on any atom is 0.203 e. The second kappa shape index (κ2) is 5.56. The Morgan fingerprint density at radius 3 is 2.15 bits per heavy atom. The molecule has 0 amide bonds. The summed E-state index contributed by atoms with van der Waals surface area (Å²) in [5.74, 6) is 0.361. The minimum atomic E-state index is 0.361. The molecule has 2 heterocycles. The summed E-state index contributed by atoms with van der Waals surface area (Å²) in [6.07, 6.45) is 4.97. The molecule has 3 heteroatoms. The fourth-order valence-corrected chi connectivity index (χ4v) is 0.655. The van der Waals surface area contributed by atoms with Gasteiger partial charge in [-0.1, -0.05) is 6.07 Å². The van der Waals surface area contributed by atoms with Crippen molar-refractivity contribution in [3.63, 3.8) is 0 Å². The van der Waals surface area contributed by atoms with E-state index in [0.717, 1.165) is 0 Å². The second-order valence-electron chi connectivity index (χ2n) is 2.11. The predicted octanol–water partition coefficient (Wildman–Crippen LogP) is 2.23. The van der Waals surface area contributed by atoms with Crippen molar-refractivity contribution in [2.75, 3.05) is 0 Å². The molecule has 0 spiro atoms. The fourth-order valence-electron chi connectivity index (χ4n) is 0.655. The average molecular weight is 172 g/mol. The van der Waals surface area contributed by atoms with Crippen molar-refractivity contribution < 1.29 is 4.42 Å². The van der Waals surface area contributed by atoms with E-state index >= 15 is 0 Å². The van der Waals surface area contributed by atoms with E-state index in [1.54, 1.807) is 24.5 Å². The number of aromatic nitrogens is 1. The highest BCUT2D eigenvalue weighted by atomic mass is 16.3. The van der Waals surface area contributed by atoms with E-state index in [0.29, 0.717) is 5.76 Å². The molecule has 0 radical (unpaired) electrons. The SMILES string of the molecule is N#Cc1ccco1.c1ccncc1. The van der Waals surface area contributed by atoms with Gasteiger partial charge in [0, 0.05) is 12.4 Å². The smallest absolute Gasteiger partial charge is 0.203 e. The average Bonchev–Trinajstić information content (AvgIpc) is 2.74. The molecule has 0 aromatic carbocycles. The maximum absolute atomic E-state index is 8.08. The van der Waals surface area contributed by atoms with Crippen molar-refractivity contribution in [2.45, 2.75) is 0 Å². The van der Waals surface area contributed by atoms with Gasteiger partial charge in [0.1, 0.15) is 6.07 Å². The van der Waals surface area contributed by atoms with Gasteiger partial charge in [-0.25, -0.2) is 0 Å². The first kappa shape index (κ1) is 9.01. The van der Waals surface area contributed by atoms with E-state index in [-0.39, 0.29) is 0 Å². The monoisotopic (exact) mass is 172 g/mol. The lowest BCUT2D eigenvalue weighted by Gasteiger charge is -1.70. The number of hydrogen-bond donors (Lipinski definition) is 0. The Labute approximate surface area is 76.3 Å². The quantitative estimate of drug-likeness (QED) is 0.612. The van der Waals surface area contributed by atoms with Crippen LogP contribution in [0.1, 0.15) is 5.76 Å². The molecule has 3 nitrogen and oxygen atoms in total. The molecule has 0 bridgehead atoms. The molecule has 64 valence electrons. The number of hydrogen-bond acceptors (Lipinski definition) is 3. The molecule has 2 rings (SSSR count). The number of nitrogens with zero attached hydrogens (tertiary/aromatic N) is 2. The summed E-state index contributed by atoms with van der Waals surface area (Å²) in [7, 11) is 0. The van der Waals surface area contributed by atoms with Crippen LogP contribution in [0.15, 0.2) is 53.4 Å². The predicted molar refractivity (Wildman–Crippen MR) is 47.7 cm³/mol. The molecule has 2 aromatic rings. The third-order valence-corrected chi connectivity index (χ3v) is 1.20. The third kappa shape index (κ3) is 3.73. The Morgan fingerprint density at radius 2 is 1.92 bits per heavy atom. The first-order valence-electron chi connectivity index (χ1n) is 3.72. The van der Waals surface area contributed by atoms with Gasteiger partial charge in [-0.2, -0.15) is 5.26 Å². The molecule has 0 unspecified atom stereocenters. The van der Waals surface area contributed by atoms with Crippen LogP contribution in [0, 0.1) is 11.3 Å². The topological polar surface area (TPSA) is 49.8 Å². The summed E-state index contributed by atoms with van der Waals surface area (Å²) in [6, 6.07) is 10.8. The minimum absolute atomic E-state index is 0.361. The zero-order valence-electron chi connectivity index (χ0n) is 6.92. The molecule has 0 aliphatic carbocycles. The van der Waals surface area contributed by atoms with Gasteiger partial charge in [0.25, 0.3) is 0 Å². The lowest BCUT2D eigenvalue weighted by molar-refractivity contribution is 0.553. The molecule has 13 heavy (non-hydrogen) atoms. The van der Waals surface area contributed by atoms with Crippen molar-refractivity contribution in [2.24, 2.45) is 0 Å². The first-order valence-corrected chi connectivity index (χ1v) is 3.72. The van der Waals surface area contributed by atoms with Gasteiger partial charge in [0.15, 0.2) is 0 Å². The Morgan fingerprint density at radius 1 is 1.15 bits per heavy atom. The lowest BCUT2D eigenvalue weighted by Crippen LogP contribution is -1.58. The van der Waals surface area contributed by atoms with Crippen LogP contribution in [0.25, 0.3) is 0 Å². The van der Waals surface area contributed by atoms with Gasteiger partial charge in [0.05, 0.1) is 6.26 Å². The molecule has 0 fully saturated rings. The van der Waals surface area contributed by atoms with E-state index in [1.807, 2.05) is 24.3 Å². The van der Waals surface area contributed by atoms with Crippen LogP contribution in [-0.4, -0.2) is 4.98 Å². The maximum atomic E-state index is 8.08.